The molecule has 2 aromatic rings. The molecule has 8 heteroatoms. The van der Waals surface area contributed by atoms with Gasteiger partial charge >= 0.3 is 0 Å². The summed E-state index contributed by atoms with van der Waals surface area (Å²) >= 11 is 6.33. The normalized spacial score (nSPS) is 15.6. The molecule has 3 rings (SSSR count). The Morgan fingerprint density at radius 3 is 2.72 bits per heavy atom. The van der Waals surface area contributed by atoms with E-state index in [-0.39, 0.29) is 10.2 Å². The number of thiocarbonyl (C=S) groups is 1. The van der Waals surface area contributed by atoms with Gasteiger partial charge in [-0.15, -0.1) is 0 Å². The van der Waals surface area contributed by atoms with Gasteiger partial charge in [0, 0.05) is 23.5 Å². The van der Waals surface area contributed by atoms with Crippen molar-refractivity contribution in [3.8, 4) is 5.75 Å². The van der Waals surface area contributed by atoms with Gasteiger partial charge < -0.3 is 4.74 Å². The summed E-state index contributed by atoms with van der Waals surface area (Å²) in [7, 11) is 1.56. The minimum atomic E-state index is -0.433. The quantitative estimate of drug-likeness (QED) is 0.658. The predicted octanol–water partition coefficient (Wildman–Crippen LogP) is 2.64. The maximum atomic E-state index is 12.6. The van der Waals surface area contributed by atoms with E-state index < -0.39 is 5.91 Å². The number of hydrogen-bond acceptors (Lipinski definition) is 6. The molecule has 1 aromatic heterocycles. The number of aromatic nitrogens is 1. The standard InChI is InChI=1S/C17H13N3O3S2/c1-23-13-5-3-2-4-12(13)10-14-16(22)20(17(24)25-14)19-15(21)11-6-8-18-9-7-11/h2-10H,1H3,(H,19,21)/b14-10-. The van der Waals surface area contributed by atoms with Gasteiger partial charge in [-0.05, 0) is 36.5 Å². The molecule has 0 radical (unpaired) electrons. The number of nitrogens with zero attached hydrogens (tertiary/aromatic N) is 2. The molecule has 1 saturated heterocycles. The number of nitrogens with one attached hydrogen (secondary N) is 1. The van der Waals surface area contributed by atoms with Crippen LogP contribution in [0.1, 0.15) is 15.9 Å². The zero-order chi connectivity index (χ0) is 17.8. The van der Waals surface area contributed by atoms with Gasteiger partial charge in [0.05, 0.1) is 12.0 Å². The highest BCUT2D eigenvalue weighted by molar-refractivity contribution is 8.26. The molecule has 0 atom stereocenters. The third-order valence-corrected chi connectivity index (χ3v) is 4.68. The Kier molecular flexibility index (Phi) is 5.11. The second kappa shape index (κ2) is 7.45. The molecule has 0 unspecified atom stereocenters. The largest absolute Gasteiger partial charge is 0.496 e. The molecule has 0 spiro atoms. The summed E-state index contributed by atoms with van der Waals surface area (Å²) in [6.45, 7) is 0. The van der Waals surface area contributed by atoms with E-state index in [1.54, 1.807) is 31.4 Å². The predicted molar refractivity (Wildman–Crippen MR) is 99.7 cm³/mol. The number of ether oxygens (including phenoxy) is 1. The van der Waals surface area contributed by atoms with Crippen molar-refractivity contribution in [2.45, 2.75) is 0 Å². The molecule has 1 aromatic carbocycles. The zero-order valence-corrected chi connectivity index (χ0v) is 14.8. The number of benzene rings is 1. The molecule has 6 nitrogen and oxygen atoms in total. The van der Waals surface area contributed by atoms with Crippen molar-refractivity contribution in [1.29, 1.82) is 0 Å². The molecular formula is C17H13N3O3S2. The van der Waals surface area contributed by atoms with E-state index in [0.717, 1.165) is 22.3 Å². The van der Waals surface area contributed by atoms with E-state index in [2.05, 4.69) is 10.4 Å². The van der Waals surface area contributed by atoms with Crippen molar-refractivity contribution in [3.05, 3.63) is 64.8 Å². The molecule has 1 aliphatic heterocycles. The van der Waals surface area contributed by atoms with Crippen LogP contribution >= 0.6 is 24.0 Å². The Hall–Kier alpha value is -2.71. The first kappa shape index (κ1) is 17.1. The van der Waals surface area contributed by atoms with Crippen LogP contribution < -0.4 is 10.2 Å². The number of pyridine rings is 1. The fraction of sp³-hybridized carbons (Fsp3) is 0.0588. The smallest absolute Gasteiger partial charge is 0.285 e. The van der Waals surface area contributed by atoms with Crippen LogP contribution in [-0.4, -0.2) is 33.2 Å². The van der Waals surface area contributed by atoms with Crippen molar-refractivity contribution in [2.75, 3.05) is 7.11 Å². The summed E-state index contributed by atoms with van der Waals surface area (Å²) < 4.78 is 5.54. The molecule has 0 aliphatic carbocycles. The average Bonchev–Trinajstić information content (AvgIpc) is 2.90. The number of thioether (sulfide) groups is 1. The summed E-state index contributed by atoms with van der Waals surface area (Å²) in [5.74, 6) is -0.172. The number of methoxy groups -OCH3 is 1. The van der Waals surface area contributed by atoms with Crippen LogP contribution in [0.5, 0.6) is 5.75 Å². The number of carbonyl (C=O) groups excluding carboxylic acids is 2. The van der Waals surface area contributed by atoms with Crippen molar-refractivity contribution >= 4 is 46.2 Å². The van der Waals surface area contributed by atoms with Gasteiger partial charge in [0.25, 0.3) is 11.8 Å². The minimum absolute atomic E-state index is 0.258. The molecule has 1 fully saturated rings. The fourth-order valence-electron chi connectivity index (χ4n) is 2.16. The summed E-state index contributed by atoms with van der Waals surface area (Å²) in [5, 5.41) is 1.07. The van der Waals surface area contributed by atoms with Gasteiger partial charge in [0.1, 0.15) is 5.75 Å². The Morgan fingerprint density at radius 2 is 2.00 bits per heavy atom. The highest BCUT2D eigenvalue weighted by Crippen LogP contribution is 2.33. The highest BCUT2D eigenvalue weighted by Gasteiger charge is 2.34. The Balaban J connectivity index is 1.81. The van der Waals surface area contributed by atoms with Crippen molar-refractivity contribution < 1.29 is 14.3 Å². The summed E-state index contributed by atoms with van der Waals surface area (Å²) in [6, 6.07) is 10.4. The zero-order valence-electron chi connectivity index (χ0n) is 13.1. The molecule has 0 bridgehead atoms. The van der Waals surface area contributed by atoms with Gasteiger partial charge in [-0.3, -0.25) is 20.0 Å². The van der Waals surface area contributed by atoms with Crippen LogP contribution in [-0.2, 0) is 4.79 Å². The molecular weight excluding hydrogens is 358 g/mol. The summed E-state index contributed by atoms with van der Waals surface area (Å²) in [6.07, 6.45) is 4.69. The number of carbonyl (C=O) groups is 2. The first-order chi connectivity index (χ1) is 12.1. The van der Waals surface area contributed by atoms with Crippen molar-refractivity contribution in [3.63, 3.8) is 0 Å². The van der Waals surface area contributed by atoms with E-state index in [0.29, 0.717) is 16.2 Å². The first-order valence-corrected chi connectivity index (χ1v) is 8.44. The number of amides is 2. The lowest BCUT2D eigenvalue weighted by Crippen LogP contribution is -2.44. The minimum Gasteiger partial charge on any atom is -0.496 e. The Morgan fingerprint density at radius 1 is 1.28 bits per heavy atom. The molecule has 126 valence electrons. The van der Waals surface area contributed by atoms with E-state index in [1.165, 1.54) is 12.4 Å². The van der Waals surface area contributed by atoms with Crippen LogP contribution in [0.4, 0.5) is 0 Å². The summed E-state index contributed by atoms with van der Waals surface area (Å²) in [4.78, 5) is 29.0. The topological polar surface area (TPSA) is 71.5 Å². The lowest BCUT2D eigenvalue weighted by molar-refractivity contribution is -0.123. The Labute approximate surface area is 153 Å². The van der Waals surface area contributed by atoms with Crippen molar-refractivity contribution in [1.82, 2.24) is 15.4 Å². The van der Waals surface area contributed by atoms with E-state index in [4.69, 9.17) is 17.0 Å². The lowest BCUT2D eigenvalue weighted by atomic mass is 10.2. The lowest BCUT2D eigenvalue weighted by Gasteiger charge is -2.15. The van der Waals surface area contributed by atoms with E-state index >= 15 is 0 Å². The molecule has 2 heterocycles. The van der Waals surface area contributed by atoms with Crippen LogP contribution in [0.25, 0.3) is 6.08 Å². The fourth-order valence-corrected chi connectivity index (χ4v) is 3.33. The first-order valence-electron chi connectivity index (χ1n) is 7.22. The maximum Gasteiger partial charge on any atom is 0.285 e. The van der Waals surface area contributed by atoms with Crippen LogP contribution in [0, 0.1) is 0 Å². The molecule has 1 N–H and O–H groups in total. The van der Waals surface area contributed by atoms with Crippen LogP contribution in [0.3, 0.4) is 0 Å². The third kappa shape index (κ3) is 3.70. The van der Waals surface area contributed by atoms with E-state index in [9.17, 15) is 9.59 Å². The van der Waals surface area contributed by atoms with Crippen molar-refractivity contribution in [2.24, 2.45) is 0 Å². The number of hydrazine groups is 1. The second-order valence-corrected chi connectivity index (χ2v) is 6.61. The van der Waals surface area contributed by atoms with Gasteiger partial charge in [-0.2, -0.15) is 5.01 Å². The Bertz CT molecular complexity index is 868. The number of para-hydroxylation sites is 1. The average molecular weight is 371 g/mol. The van der Waals surface area contributed by atoms with Crippen LogP contribution in [0.2, 0.25) is 0 Å². The second-order valence-electron chi connectivity index (χ2n) is 4.94. The van der Waals surface area contributed by atoms with Gasteiger partial charge in [-0.25, -0.2) is 0 Å². The van der Waals surface area contributed by atoms with Gasteiger partial charge in [-0.1, -0.05) is 30.0 Å². The number of rotatable bonds is 4. The van der Waals surface area contributed by atoms with Crippen LogP contribution in [0.15, 0.2) is 53.7 Å². The number of hydrogen-bond donors (Lipinski definition) is 1. The van der Waals surface area contributed by atoms with Gasteiger partial charge in [0.15, 0.2) is 4.32 Å². The van der Waals surface area contributed by atoms with Gasteiger partial charge in [0.2, 0.25) is 0 Å². The molecule has 0 saturated carbocycles. The SMILES string of the molecule is COc1ccccc1/C=C1\SC(=S)N(NC(=O)c2ccncc2)C1=O. The third-order valence-electron chi connectivity index (χ3n) is 3.38. The molecule has 25 heavy (non-hydrogen) atoms. The monoisotopic (exact) mass is 371 g/mol. The summed E-state index contributed by atoms with van der Waals surface area (Å²) in [5.41, 5.74) is 3.66. The highest BCUT2D eigenvalue weighted by atomic mass is 32.2. The van der Waals surface area contributed by atoms with E-state index in [1.807, 2.05) is 18.2 Å². The maximum absolute atomic E-state index is 12.6. The molecule has 2 amide bonds. The molecule has 1 aliphatic rings.